The molecule has 1 aliphatic carbocycles. The fraction of sp³-hybridized carbons (Fsp3) is 0.286. The molecule has 0 atom stereocenters. The van der Waals surface area contributed by atoms with E-state index in [0.717, 1.165) is 12.8 Å². The quantitative estimate of drug-likeness (QED) is 0.664. The molecule has 1 aromatic carbocycles. The first kappa shape index (κ1) is 14.0. The monoisotopic (exact) mass is 278 g/mol. The van der Waals surface area contributed by atoms with Crippen LogP contribution >= 0.6 is 0 Å². The minimum Gasteiger partial charge on any atom is -0.434 e. The number of nitriles is 1. The Balaban J connectivity index is 2.22. The number of nitrogens with one attached hydrogen (secondary N) is 1. The molecule has 20 heavy (non-hydrogen) atoms. The molecule has 2 rings (SSSR count). The fourth-order valence-electron chi connectivity index (χ4n) is 1.60. The number of nitrogens with zero attached hydrogens (tertiary/aromatic N) is 1. The first-order valence-electron chi connectivity index (χ1n) is 6.06. The highest BCUT2D eigenvalue weighted by molar-refractivity contribution is 6.02. The van der Waals surface area contributed by atoms with Crippen LogP contribution in [0.2, 0.25) is 0 Å². The maximum Gasteiger partial charge on any atom is 0.387 e. The lowest BCUT2D eigenvalue weighted by Gasteiger charge is -2.08. The average Bonchev–Trinajstić information content (AvgIpc) is 3.20. The van der Waals surface area contributed by atoms with Crippen molar-refractivity contribution in [3.8, 4) is 11.8 Å². The number of halogens is 2. The maximum absolute atomic E-state index is 12.3. The van der Waals surface area contributed by atoms with Gasteiger partial charge in [0.2, 0.25) is 0 Å². The van der Waals surface area contributed by atoms with Crippen molar-refractivity contribution in [2.45, 2.75) is 25.5 Å². The minimum absolute atomic E-state index is 0.0746. The average molecular weight is 278 g/mol. The van der Waals surface area contributed by atoms with Crippen molar-refractivity contribution in [2.24, 2.45) is 0 Å². The van der Waals surface area contributed by atoms with Crippen LogP contribution in [-0.2, 0) is 4.79 Å². The Morgan fingerprint density at radius 2 is 2.15 bits per heavy atom. The van der Waals surface area contributed by atoms with Crippen LogP contribution in [0.1, 0.15) is 18.4 Å². The number of ether oxygens (including phenoxy) is 1. The van der Waals surface area contributed by atoms with Crippen LogP contribution in [0.15, 0.2) is 29.8 Å². The molecular weight excluding hydrogens is 266 g/mol. The van der Waals surface area contributed by atoms with Crippen molar-refractivity contribution in [3.63, 3.8) is 0 Å². The van der Waals surface area contributed by atoms with Crippen molar-refractivity contribution < 1.29 is 18.3 Å². The molecule has 0 radical (unpaired) electrons. The molecule has 0 saturated heterocycles. The maximum atomic E-state index is 12.3. The first-order chi connectivity index (χ1) is 9.60. The van der Waals surface area contributed by atoms with Gasteiger partial charge in [-0.15, -0.1) is 0 Å². The highest BCUT2D eigenvalue weighted by Gasteiger charge is 2.24. The number of hydrogen-bond donors (Lipinski definition) is 1. The van der Waals surface area contributed by atoms with E-state index in [1.165, 1.54) is 24.3 Å². The van der Waals surface area contributed by atoms with Gasteiger partial charge in [-0.25, -0.2) is 0 Å². The van der Waals surface area contributed by atoms with E-state index in [1.54, 1.807) is 12.1 Å². The summed E-state index contributed by atoms with van der Waals surface area (Å²) in [5.41, 5.74) is 0.123. The normalized spacial score (nSPS) is 14.8. The Hall–Kier alpha value is -2.42. The van der Waals surface area contributed by atoms with Crippen LogP contribution in [0.5, 0.6) is 5.75 Å². The Bertz CT molecular complexity index is 575. The van der Waals surface area contributed by atoms with Crippen molar-refractivity contribution in [1.29, 1.82) is 5.26 Å². The highest BCUT2D eigenvalue weighted by atomic mass is 19.3. The number of benzene rings is 1. The van der Waals surface area contributed by atoms with Crippen molar-refractivity contribution in [1.82, 2.24) is 5.32 Å². The number of hydrogen-bond acceptors (Lipinski definition) is 3. The van der Waals surface area contributed by atoms with Crippen molar-refractivity contribution >= 4 is 12.0 Å². The van der Waals surface area contributed by atoms with Gasteiger partial charge >= 0.3 is 6.61 Å². The molecule has 1 saturated carbocycles. The molecule has 4 nitrogen and oxygen atoms in total. The van der Waals surface area contributed by atoms with Crippen LogP contribution < -0.4 is 10.1 Å². The number of alkyl halides is 2. The zero-order valence-electron chi connectivity index (χ0n) is 10.5. The van der Waals surface area contributed by atoms with E-state index in [0.29, 0.717) is 0 Å². The molecule has 104 valence electrons. The smallest absolute Gasteiger partial charge is 0.387 e. The van der Waals surface area contributed by atoms with Gasteiger partial charge in [-0.1, -0.05) is 18.2 Å². The molecule has 6 heteroatoms. The molecule has 0 aliphatic heterocycles. The van der Waals surface area contributed by atoms with E-state index in [9.17, 15) is 13.6 Å². The van der Waals surface area contributed by atoms with Gasteiger partial charge < -0.3 is 10.1 Å². The Morgan fingerprint density at radius 3 is 2.75 bits per heavy atom. The summed E-state index contributed by atoms with van der Waals surface area (Å²) >= 11 is 0. The zero-order chi connectivity index (χ0) is 14.5. The summed E-state index contributed by atoms with van der Waals surface area (Å²) in [5.74, 6) is -0.573. The van der Waals surface area contributed by atoms with Gasteiger partial charge in [-0.2, -0.15) is 14.0 Å². The number of carbonyl (C=O) groups excluding carboxylic acids is 1. The summed E-state index contributed by atoms with van der Waals surface area (Å²) in [7, 11) is 0. The van der Waals surface area contributed by atoms with Crippen molar-refractivity contribution in [3.05, 3.63) is 35.4 Å². The van der Waals surface area contributed by atoms with E-state index >= 15 is 0 Å². The Labute approximate surface area is 114 Å². The molecule has 0 heterocycles. The predicted octanol–water partition coefficient (Wildman–Crippen LogP) is 2.47. The van der Waals surface area contributed by atoms with E-state index in [2.05, 4.69) is 10.1 Å². The zero-order valence-corrected chi connectivity index (χ0v) is 10.5. The summed E-state index contributed by atoms with van der Waals surface area (Å²) < 4.78 is 28.9. The van der Waals surface area contributed by atoms with E-state index in [-0.39, 0.29) is 22.9 Å². The third kappa shape index (κ3) is 3.79. The molecule has 0 spiro atoms. The lowest BCUT2D eigenvalue weighted by atomic mass is 10.1. The SMILES string of the molecule is N#C/C(=C\c1ccccc1OC(F)F)C(=O)NC1CC1. The highest BCUT2D eigenvalue weighted by Crippen LogP contribution is 2.23. The number of rotatable bonds is 5. The van der Waals surface area contributed by atoms with Gasteiger partial charge in [0.1, 0.15) is 17.4 Å². The van der Waals surface area contributed by atoms with Crippen LogP contribution in [0.3, 0.4) is 0 Å². The summed E-state index contributed by atoms with van der Waals surface area (Å²) in [5, 5.41) is 11.7. The topological polar surface area (TPSA) is 62.1 Å². The molecule has 1 aliphatic rings. The number of para-hydroxylation sites is 1. The molecule has 1 amide bonds. The van der Waals surface area contributed by atoms with Gasteiger partial charge in [0.25, 0.3) is 5.91 Å². The summed E-state index contributed by atoms with van der Waals surface area (Å²) in [4.78, 5) is 11.8. The van der Waals surface area contributed by atoms with Gasteiger partial charge in [0.15, 0.2) is 0 Å². The lowest BCUT2D eigenvalue weighted by molar-refractivity contribution is -0.117. The van der Waals surface area contributed by atoms with Crippen LogP contribution in [0.25, 0.3) is 6.08 Å². The second kappa shape index (κ2) is 6.15. The molecule has 0 bridgehead atoms. The summed E-state index contributed by atoms with van der Waals surface area (Å²) in [6.07, 6.45) is 3.04. The molecule has 1 aromatic rings. The number of amides is 1. The third-order valence-electron chi connectivity index (χ3n) is 2.71. The predicted molar refractivity (Wildman–Crippen MR) is 67.8 cm³/mol. The third-order valence-corrected chi connectivity index (χ3v) is 2.71. The molecule has 0 aromatic heterocycles. The Morgan fingerprint density at radius 1 is 1.45 bits per heavy atom. The standard InChI is InChI=1S/C14H12F2N2O2/c15-14(16)20-12-4-2-1-3-9(12)7-10(8-17)13(19)18-11-5-6-11/h1-4,7,11,14H,5-6H2,(H,18,19)/b10-7+. The largest absolute Gasteiger partial charge is 0.434 e. The van der Waals surface area contributed by atoms with E-state index in [1.807, 2.05) is 0 Å². The molecule has 0 unspecified atom stereocenters. The lowest BCUT2D eigenvalue weighted by Crippen LogP contribution is -2.26. The summed E-state index contributed by atoms with van der Waals surface area (Å²) in [6, 6.07) is 7.88. The van der Waals surface area contributed by atoms with Gasteiger partial charge in [0.05, 0.1) is 0 Å². The first-order valence-corrected chi connectivity index (χ1v) is 6.06. The molecule has 1 N–H and O–H groups in total. The van der Waals surface area contributed by atoms with E-state index in [4.69, 9.17) is 5.26 Å². The Kier molecular flexibility index (Phi) is 4.31. The minimum atomic E-state index is -2.96. The molecular formula is C14H12F2N2O2. The van der Waals surface area contributed by atoms with E-state index < -0.39 is 12.5 Å². The van der Waals surface area contributed by atoms with Gasteiger partial charge in [-0.3, -0.25) is 4.79 Å². The summed E-state index contributed by atoms with van der Waals surface area (Å²) in [6.45, 7) is -2.96. The van der Waals surface area contributed by atoms with Gasteiger partial charge in [-0.05, 0) is 25.0 Å². The van der Waals surface area contributed by atoms with Crippen LogP contribution in [0, 0.1) is 11.3 Å². The second-order valence-electron chi connectivity index (χ2n) is 4.33. The van der Waals surface area contributed by atoms with Gasteiger partial charge in [0, 0.05) is 11.6 Å². The second-order valence-corrected chi connectivity index (χ2v) is 4.33. The fourth-order valence-corrected chi connectivity index (χ4v) is 1.60. The van der Waals surface area contributed by atoms with Crippen LogP contribution in [0.4, 0.5) is 8.78 Å². The molecule has 1 fully saturated rings. The van der Waals surface area contributed by atoms with Crippen molar-refractivity contribution in [2.75, 3.05) is 0 Å². The van der Waals surface area contributed by atoms with Crippen LogP contribution in [-0.4, -0.2) is 18.6 Å². The number of carbonyl (C=O) groups is 1.